The molecule has 0 aliphatic heterocycles. The Balaban J connectivity index is 2.03. The van der Waals surface area contributed by atoms with Crippen molar-refractivity contribution >= 4 is 5.91 Å². The van der Waals surface area contributed by atoms with Crippen molar-refractivity contribution < 1.29 is 14.1 Å². The van der Waals surface area contributed by atoms with E-state index in [1.165, 1.54) is 0 Å². The Kier molecular flexibility index (Phi) is 5.60. The van der Waals surface area contributed by atoms with Crippen molar-refractivity contribution in [3.8, 4) is 11.3 Å². The number of hydrogen-bond donors (Lipinski definition) is 1. The molecule has 118 valence electrons. The molecule has 0 atom stereocenters. The summed E-state index contributed by atoms with van der Waals surface area (Å²) in [5.74, 6) is 1.28. The van der Waals surface area contributed by atoms with Crippen LogP contribution in [0.2, 0.25) is 0 Å². The maximum absolute atomic E-state index is 11.6. The first-order valence-electron chi connectivity index (χ1n) is 7.12. The predicted molar refractivity (Wildman–Crippen MR) is 80.2 cm³/mol. The highest BCUT2D eigenvalue weighted by Crippen LogP contribution is 2.22. The lowest BCUT2D eigenvalue weighted by atomic mass is 10.1. The molecule has 0 spiro atoms. The SMILES string of the molecule is COCCC(=O)NCCc1nc(C)ncc1-c1cc(C)no1. The van der Waals surface area contributed by atoms with Crippen LogP contribution in [-0.2, 0) is 16.0 Å². The Morgan fingerprint density at radius 2 is 2.23 bits per heavy atom. The van der Waals surface area contributed by atoms with Crippen molar-refractivity contribution in [2.75, 3.05) is 20.3 Å². The van der Waals surface area contributed by atoms with Crippen molar-refractivity contribution in [3.63, 3.8) is 0 Å². The number of aromatic nitrogens is 3. The highest BCUT2D eigenvalue weighted by molar-refractivity contribution is 5.76. The Hall–Kier alpha value is -2.28. The van der Waals surface area contributed by atoms with Gasteiger partial charge in [-0.15, -0.1) is 0 Å². The molecule has 1 N–H and O–H groups in total. The third-order valence-corrected chi connectivity index (χ3v) is 3.10. The van der Waals surface area contributed by atoms with Crippen molar-refractivity contribution in [3.05, 3.63) is 29.5 Å². The van der Waals surface area contributed by atoms with Crippen LogP contribution in [0.1, 0.15) is 23.6 Å². The lowest BCUT2D eigenvalue weighted by molar-refractivity contribution is -0.121. The minimum atomic E-state index is -0.0373. The van der Waals surface area contributed by atoms with Gasteiger partial charge in [-0.1, -0.05) is 5.16 Å². The molecule has 0 aliphatic rings. The second-order valence-electron chi connectivity index (χ2n) is 4.95. The number of nitrogens with one attached hydrogen (secondary N) is 1. The van der Waals surface area contributed by atoms with Crippen molar-refractivity contribution in [1.82, 2.24) is 20.4 Å². The summed E-state index contributed by atoms with van der Waals surface area (Å²) < 4.78 is 10.1. The fraction of sp³-hybridized carbons (Fsp3) is 0.467. The van der Waals surface area contributed by atoms with Crippen LogP contribution in [0.25, 0.3) is 11.3 Å². The van der Waals surface area contributed by atoms with Crippen LogP contribution >= 0.6 is 0 Å². The molecule has 1 amide bonds. The minimum absolute atomic E-state index is 0.0373. The van der Waals surface area contributed by atoms with Gasteiger partial charge in [0, 0.05) is 38.8 Å². The summed E-state index contributed by atoms with van der Waals surface area (Å²) in [7, 11) is 1.57. The maximum atomic E-state index is 11.6. The monoisotopic (exact) mass is 304 g/mol. The van der Waals surface area contributed by atoms with E-state index in [0.29, 0.717) is 37.6 Å². The van der Waals surface area contributed by atoms with Gasteiger partial charge in [0.05, 0.1) is 23.6 Å². The summed E-state index contributed by atoms with van der Waals surface area (Å²) in [6.45, 7) is 4.61. The molecule has 2 rings (SSSR count). The molecule has 0 unspecified atom stereocenters. The number of rotatable bonds is 7. The lowest BCUT2D eigenvalue weighted by Gasteiger charge is -2.08. The first-order chi connectivity index (χ1) is 10.6. The molecule has 7 heteroatoms. The quantitative estimate of drug-likeness (QED) is 0.832. The largest absolute Gasteiger partial charge is 0.384 e. The number of methoxy groups -OCH3 is 1. The fourth-order valence-corrected chi connectivity index (χ4v) is 2.01. The summed E-state index contributed by atoms with van der Waals surface area (Å²) in [4.78, 5) is 20.2. The van der Waals surface area contributed by atoms with E-state index in [1.54, 1.807) is 13.3 Å². The van der Waals surface area contributed by atoms with E-state index in [4.69, 9.17) is 9.26 Å². The number of ether oxygens (including phenoxy) is 1. The number of nitrogens with zero attached hydrogens (tertiary/aromatic N) is 3. The molecular weight excluding hydrogens is 284 g/mol. The van der Waals surface area contributed by atoms with Gasteiger partial charge < -0.3 is 14.6 Å². The summed E-state index contributed by atoms with van der Waals surface area (Å²) in [5.41, 5.74) is 2.43. The number of amides is 1. The molecule has 0 aliphatic carbocycles. The van der Waals surface area contributed by atoms with E-state index in [0.717, 1.165) is 17.0 Å². The van der Waals surface area contributed by atoms with Crippen LogP contribution in [0, 0.1) is 13.8 Å². The van der Waals surface area contributed by atoms with E-state index in [9.17, 15) is 4.79 Å². The van der Waals surface area contributed by atoms with Crippen LogP contribution in [0.15, 0.2) is 16.8 Å². The van der Waals surface area contributed by atoms with Gasteiger partial charge in [-0.25, -0.2) is 9.97 Å². The molecule has 0 bridgehead atoms. The van der Waals surface area contributed by atoms with Crippen LogP contribution < -0.4 is 5.32 Å². The highest BCUT2D eigenvalue weighted by atomic mass is 16.5. The van der Waals surface area contributed by atoms with Crippen LogP contribution in [0.4, 0.5) is 0 Å². The Labute approximate surface area is 129 Å². The molecule has 0 saturated heterocycles. The Morgan fingerprint density at radius 3 is 2.91 bits per heavy atom. The highest BCUT2D eigenvalue weighted by Gasteiger charge is 2.13. The normalized spacial score (nSPS) is 10.7. The first kappa shape index (κ1) is 16.1. The summed E-state index contributed by atoms with van der Waals surface area (Å²) in [6, 6.07) is 1.84. The molecule has 0 radical (unpaired) electrons. The average Bonchev–Trinajstić information content (AvgIpc) is 2.91. The van der Waals surface area contributed by atoms with Gasteiger partial charge >= 0.3 is 0 Å². The molecule has 22 heavy (non-hydrogen) atoms. The van der Waals surface area contributed by atoms with Crippen LogP contribution in [0.5, 0.6) is 0 Å². The van der Waals surface area contributed by atoms with Gasteiger partial charge in [0.1, 0.15) is 5.82 Å². The smallest absolute Gasteiger partial charge is 0.222 e. The van der Waals surface area contributed by atoms with Gasteiger partial charge in [-0.05, 0) is 13.8 Å². The standard InChI is InChI=1S/C15H20N4O3/c1-10-8-14(22-19-10)12-9-17-11(2)18-13(12)4-6-16-15(20)5-7-21-3/h8-9H,4-7H2,1-3H3,(H,16,20). The van der Waals surface area contributed by atoms with Gasteiger partial charge in [0.2, 0.25) is 5.91 Å². The zero-order valence-electron chi connectivity index (χ0n) is 13.0. The molecule has 0 saturated carbocycles. The van der Waals surface area contributed by atoms with Gasteiger partial charge in [-0.2, -0.15) is 0 Å². The lowest BCUT2D eigenvalue weighted by Crippen LogP contribution is -2.26. The van der Waals surface area contributed by atoms with E-state index >= 15 is 0 Å². The van der Waals surface area contributed by atoms with E-state index in [1.807, 2.05) is 19.9 Å². The molecule has 2 aromatic rings. The molecule has 2 heterocycles. The topological polar surface area (TPSA) is 90.1 Å². The zero-order chi connectivity index (χ0) is 15.9. The van der Waals surface area contributed by atoms with E-state index < -0.39 is 0 Å². The second-order valence-corrected chi connectivity index (χ2v) is 4.95. The summed E-state index contributed by atoms with van der Waals surface area (Å²) >= 11 is 0. The Bertz CT molecular complexity index is 639. The number of carbonyl (C=O) groups excluding carboxylic acids is 1. The first-order valence-corrected chi connectivity index (χ1v) is 7.12. The summed E-state index contributed by atoms with van der Waals surface area (Å²) in [5, 5.41) is 6.73. The molecule has 0 aromatic carbocycles. The fourth-order valence-electron chi connectivity index (χ4n) is 2.01. The van der Waals surface area contributed by atoms with Crippen molar-refractivity contribution in [2.45, 2.75) is 26.7 Å². The van der Waals surface area contributed by atoms with Gasteiger partial charge in [0.15, 0.2) is 5.76 Å². The number of carbonyl (C=O) groups is 1. The van der Waals surface area contributed by atoms with Gasteiger partial charge in [-0.3, -0.25) is 4.79 Å². The third-order valence-electron chi connectivity index (χ3n) is 3.10. The molecule has 2 aromatic heterocycles. The second kappa shape index (κ2) is 7.65. The summed E-state index contributed by atoms with van der Waals surface area (Å²) in [6.07, 6.45) is 2.68. The Morgan fingerprint density at radius 1 is 1.41 bits per heavy atom. The minimum Gasteiger partial charge on any atom is -0.384 e. The molecule has 0 fully saturated rings. The van der Waals surface area contributed by atoms with Crippen LogP contribution in [0.3, 0.4) is 0 Å². The maximum Gasteiger partial charge on any atom is 0.222 e. The third kappa shape index (κ3) is 4.36. The zero-order valence-corrected chi connectivity index (χ0v) is 13.0. The van der Waals surface area contributed by atoms with Crippen molar-refractivity contribution in [2.24, 2.45) is 0 Å². The van der Waals surface area contributed by atoms with Crippen molar-refractivity contribution in [1.29, 1.82) is 0 Å². The molecular formula is C15H20N4O3. The predicted octanol–water partition coefficient (Wildman–Crippen LogP) is 1.44. The van der Waals surface area contributed by atoms with E-state index in [-0.39, 0.29) is 5.91 Å². The number of aryl methyl sites for hydroxylation is 2. The van der Waals surface area contributed by atoms with Crippen LogP contribution in [-0.4, -0.2) is 41.3 Å². The van der Waals surface area contributed by atoms with Gasteiger partial charge in [0.25, 0.3) is 0 Å². The average molecular weight is 304 g/mol. The molecule has 7 nitrogen and oxygen atoms in total. The van der Waals surface area contributed by atoms with E-state index in [2.05, 4.69) is 20.4 Å². The number of hydrogen-bond acceptors (Lipinski definition) is 6.